The largest absolute Gasteiger partial charge is 0.351 e. The molecule has 3 atom stereocenters. The molecular formula is C11H21N3O. The summed E-state index contributed by atoms with van der Waals surface area (Å²) in [5.41, 5.74) is 5.78. The molecule has 0 aromatic heterocycles. The second-order valence-electron chi connectivity index (χ2n) is 3.89. The summed E-state index contributed by atoms with van der Waals surface area (Å²) < 4.78 is 0. The van der Waals surface area contributed by atoms with E-state index in [0.29, 0.717) is 6.42 Å². The molecule has 4 nitrogen and oxygen atoms in total. The summed E-state index contributed by atoms with van der Waals surface area (Å²) in [5.74, 6) is 0.0241. The molecule has 0 fully saturated rings. The van der Waals surface area contributed by atoms with Crippen LogP contribution < -0.4 is 11.1 Å². The van der Waals surface area contributed by atoms with Gasteiger partial charge in [-0.2, -0.15) is 5.26 Å². The molecule has 0 aromatic carbocycles. The second-order valence-corrected chi connectivity index (χ2v) is 3.89. The zero-order valence-corrected chi connectivity index (χ0v) is 9.79. The molecule has 0 radical (unpaired) electrons. The third kappa shape index (κ3) is 4.80. The maximum Gasteiger partial charge on any atom is 0.237 e. The van der Waals surface area contributed by atoms with E-state index in [1.54, 1.807) is 0 Å². The topological polar surface area (TPSA) is 78.9 Å². The molecule has 0 aliphatic rings. The SMILES string of the molecule is CCC(CC#N)NC(=O)C(N)C(C)CC. The summed E-state index contributed by atoms with van der Waals surface area (Å²) in [6.45, 7) is 5.90. The number of hydrogen-bond donors (Lipinski definition) is 2. The van der Waals surface area contributed by atoms with Crippen molar-refractivity contribution in [1.29, 1.82) is 5.26 Å². The summed E-state index contributed by atoms with van der Waals surface area (Å²) in [6, 6.07) is 1.51. The average Bonchev–Trinajstić information content (AvgIpc) is 2.26. The summed E-state index contributed by atoms with van der Waals surface area (Å²) in [7, 11) is 0. The highest BCUT2D eigenvalue weighted by molar-refractivity contribution is 5.82. The van der Waals surface area contributed by atoms with Crippen molar-refractivity contribution >= 4 is 5.91 Å². The van der Waals surface area contributed by atoms with Crippen molar-refractivity contribution in [2.45, 2.75) is 52.1 Å². The number of nitriles is 1. The maximum absolute atomic E-state index is 11.6. The molecule has 0 saturated carbocycles. The van der Waals surface area contributed by atoms with E-state index in [4.69, 9.17) is 11.0 Å². The van der Waals surface area contributed by atoms with Gasteiger partial charge in [0.1, 0.15) is 0 Å². The van der Waals surface area contributed by atoms with Crippen LogP contribution in [0.2, 0.25) is 0 Å². The smallest absolute Gasteiger partial charge is 0.237 e. The van der Waals surface area contributed by atoms with Gasteiger partial charge in [0.25, 0.3) is 0 Å². The monoisotopic (exact) mass is 211 g/mol. The lowest BCUT2D eigenvalue weighted by atomic mass is 9.99. The third-order valence-corrected chi connectivity index (χ3v) is 2.74. The Morgan fingerprint density at radius 1 is 1.47 bits per heavy atom. The lowest BCUT2D eigenvalue weighted by Crippen LogP contribution is -2.48. The number of nitrogens with one attached hydrogen (secondary N) is 1. The van der Waals surface area contributed by atoms with Gasteiger partial charge in [-0.3, -0.25) is 4.79 Å². The summed E-state index contributed by atoms with van der Waals surface area (Å²) in [5, 5.41) is 11.3. The van der Waals surface area contributed by atoms with Gasteiger partial charge in [0.2, 0.25) is 5.91 Å². The van der Waals surface area contributed by atoms with Crippen LogP contribution in [0.15, 0.2) is 0 Å². The molecule has 0 bridgehead atoms. The van der Waals surface area contributed by atoms with Crippen LogP contribution in [-0.4, -0.2) is 18.0 Å². The number of rotatable bonds is 6. The van der Waals surface area contributed by atoms with Crippen molar-refractivity contribution in [1.82, 2.24) is 5.32 Å². The average molecular weight is 211 g/mol. The molecule has 0 heterocycles. The Balaban J connectivity index is 4.16. The molecule has 86 valence electrons. The Labute approximate surface area is 91.8 Å². The summed E-state index contributed by atoms with van der Waals surface area (Å²) in [6.07, 6.45) is 1.98. The van der Waals surface area contributed by atoms with Gasteiger partial charge in [0.15, 0.2) is 0 Å². The first kappa shape index (κ1) is 13.9. The highest BCUT2D eigenvalue weighted by atomic mass is 16.2. The molecule has 0 aliphatic heterocycles. The van der Waals surface area contributed by atoms with Crippen LogP contribution in [0, 0.1) is 17.2 Å². The standard InChI is InChI=1S/C11H21N3O/c1-4-8(3)10(13)11(15)14-9(5-2)6-7-12/h8-10H,4-6,13H2,1-3H3,(H,14,15). The Bertz CT molecular complexity index is 234. The highest BCUT2D eigenvalue weighted by Gasteiger charge is 2.21. The number of carbonyl (C=O) groups is 1. The van der Waals surface area contributed by atoms with E-state index in [1.165, 1.54) is 0 Å². The zero-order chi connectivity index (χ0) is 11.8. The van der Waals surface area contributed by atoms with Gasteiger partial charge < -0.3 is 11.1 Å². The van der Waals surface area contributed by atoms with E-state index >= 15 is 0 Å². The maximum atomic E-state index is 11.6. The fraction of sp³-hybridized carbons (Fsp3) is 0.818. The lowest BCUT2D eigenvalue weighted by Gasteiger charge is -2.21. The molecule has 3 unspecified atom stereocenters. The van der Waals surface area contributed by atoms with Crippen LogP contribution in [0.4, 0.5) is 0 Å². The Kier molecular flexibility index (Phi) is 6.72. The number of amides is 1. The molecule has 0 aliphatic carbocycles. The molecule has 0 spiro atoms. The molecule has 0 aromatic rings. The third-order valence-electron chi connectivity index (χ3n) is 2.74. The second kappa shape index (κ2) is 7.24. The Morgan fingerprint density at radius 3 is 2.47 bits per heavy atom. The minimum Gasteiger partial charge on any atom is -0.351 e. The van der Waals surface area contributed by atoms with Crippen molar-refractivity contribution in [3.05, 3.63) is 0 Å². The van der Waals surface area contributed by atoms with E-state index in [9.17, 15) is 4.79 Å². The Morgan fingerprint density at radius 2 is 2.07 bits per heavy atom. The van der Waals surface area contributed by atoms with E-state index in [-0.39, 0.29) is 17.9 Å². The van der Waals surface area contributed by atoms with Crippen molar-refractivity contribution in [2.75, 3.05) is 0 Å². The van der Waals surface area contributed by atoms with Gasteiger partial charge >= 0.3 is 0 Å². The summed E-state index contributed by atoms with van der Waals surface area (Å²) >= 11 is 0. The number of carbonyl (C=O) groups excluding carboxylic acids is 1. The van der Waals surface area contributed by atoms with Crippen LogP contribution in [0.3, 0.4) is 0 Å². The molecule has 0 saturated heterocycles. The van der Waals surface area contributed by atoms with E-state index in [2.05, 4.69) is 11.4 Å². The normalized spacial score (nSPS) is 16.2. The first-order valence-electron chi connectivity index (χ1n) is 5.49. The van der Waals surface area contributed by atoms with Gasteiger partial charge in [-0.05, 0) is 12.3 Å². The van der Waals surface area contributed by atoms with Crippen LogP contribution in [0.25, 0.3) is 0 Å². The lowest BCUT2D eigenvalue weighted by molar-refractivity contribution is -0.124. The van der Waals surface area contributed by atoms with Crippen LogP contribution in [0.1, 0.15) is 40.0 Å². The molecule has 0 rings (SSSR count). The Hall–Kier alpha value is -1.08. The number of nitrogens with zero attached hydrogens (tertiary/aromatic N) is 1. The minimum absolute atomic E-state index is 0.0717. The number of nitrogens with two attached hydrogens (primary N) is 1. The van der Waals surface area contributed by atoms with Crippen molar-refractivity contribution in [3.63, 3.8) is 0 Å². The van der Waals surface area contributed by atoms with Gasteiger partial charge in [-0.1, -0.05) is 27.2 Å². The molecule has 15 heavy (non-hydrogen) atoms. The van der Waals surface area contributed by atoms with E-state index in [0.717, 1.165) is 12.8 Å². The molecule has 3 N–H and O–H groups in total. The van der Waals surface area contributed by atoms with Gasteiger partial charge in [0.05, 0.1) is 18.5 Å². The predicted molar refractivity (Wildman–Crippen MR) is 59.9 cm³/mol. The highest BCUT2D eigenvalue weighted by Crippen LogP contribution is 2.06. The first-order valence-corrected chi connectivity index (χ1v) is 5.49. The van der Waals surface area contributed by atoms with Crippen LogP contribution in [0.5, 0.6) is 0 Å². The van der Waals surface area contributed by atoms with Gasteiger partial charge in [0, 0.05) is 6.04 Å². The zero-order valence-electron chi connectivity index (χ0n) is 9.79. The fourth-order valence-electron chi connectivity index (χ4n) is 1.22. The minimum atomic E-state index is -0.470. The van der Waals surface area contributed by atoms with Crippen molar-refractivity contribution in [2.24, 2.45) is 11.7 Å². The van der Waals surface area contributed by atoms with Gasteiger partial charge in [-0.15, -0.1) is 0 Å². The molecular weight excluding hydrogens is 190 g/mol. The van der Waals surface area contributed by atoms with Crippen molar-refractivity contribution < 1.29 is 4.79 Å². The van der Waals surface area contributed by atoms with E-state index in [1.807, 2.05) is 20.8 Å². The number of hydrogen-bond acceptors (Lipinski definition) is 3. The first-order chi connectivity index (χ1) is 7.06. The quantitative estimate of drug-likeness (QED) is 0.692. The molecule has 1 amide bonds. The van der Waals surface area contributed by atoms with Crippen LogP contribution in [-0.2, 0) is 4.79 Å². The van der Waals surface area contributed by atoms with Crippen molar-refractivity contribution in [3.8, 4) is 6.07 Å². The van der Waals surface area contributed by atoms with E-state index < -0.39 is 6.04 Å². The molecule has 4 heteroatoms. The van der Waals surface area contributed by atoms with Crippen LogP contribution >= 0.6 is 0 Å². The predicted octanol–water partition coefficient (Wildman–Crippen LogP) is 1.17. The summed E-state index contributed by atoms with van der Waals surface area (Å²) in [4.78, 5) is 11.6. The fourth-order valence-corrected chi connectivity index (χ4v) is 1.22. The van der Waals surface area contributed by atoms with Gasteiger partial charge in [-0.25, -0.2) is 0 Å².